The van der Waals surface area contributed by atoms with Crippen LogP contribution in [0.15, 0.2) is 120 Å². The standard InChI is InChI=1S/C25H28N6O4S.C24H26N6O4S/c1-2-26-24(32)28-19-8-6-18(7-9-19)23-29-20(17-21(30-23)31-13-15-35-16-14-31)25(10-11-25)36(33,34)22-5-3-4-12-27-22;1-25-23(31)27-18-7-5-17(6-8-18)22-28-19(16-20(29-22)30-12-14-34-15-13-30)24(9-10-24)35(32,33)21-4-2-3-11-26-21/h3-9,12,17H,2,10-11,13-16H2,1H3,(H2,26,28,32);2-8,11,16H,9-10,12-15H2,1H3,(H2,25,27,31). The van der Waals surface area contributed by atoms with E-state index in [0.29, 0.717) is 131 Å². The Kier molecular flexibility index (Phi) is 14.2. The Morgan fingerprint density at radius 2 is 0.986 bits per heavy atom. The molecule has 370 valence electrons. The summed E-state index contributed by atoms with van der Waals surface area (Å²) in [6.45, 7) is 7.31. The molecule has 2 saturated heterocycles. The smallest absolute Gasteiger partial charge is 0.319 e. The van der Waals surface area contributed by atoms with Crippen molar-refractivity contribution in [1.82, 2.24) is 40.5 Å². The lowest BCUT2D eigenvalue weighted by Gasteiger charge is -2.29. The number of benzene rings is 2. The molecule has 4 fully saturated rings. The topological polar surface area (TPSA) is 253 Å². The number of sulfone groups is 2. The van der Waals surface area contributed by atoms with Gasteiger partial charge in [0.05, 0.1) is 37.8 Å². The lowest BCUT2D eigenvalue weighted by Crippen LogP contribution is -2.37. The Bertz CT molecular complexity index is 3080. The summed E-state index contributed by atoms with van der Waals surface area (Å²) in [5, 5.41) is 10.8. The van der Waals surface area contributed by atoms with Crippen LogP contribution in [0.3, 0.4) is 0 Å². The maximum absolute atomic E-state index is 13.7. The van der Waals surface area contributed by atoms with Crippen molar-refractivity contribution in [3.05, 3.63) is 121 Å². The number of aromatic nitrogens is 6. The second-order valence-corrected chi connectivity index (χ2v) is 21.7. The molecule has 4 aliphatic rings. The lowest BCUT2D eigenvalue weighted by atomic mass is 10.1. The SMILES string of the molecule is CCNC(=O)Nc1ccc(-c2nc(N3CCOCC3)cc(C3(S(=O)(=O)c4ccccn4)CC3)n2)cc1.CNC(=O)Nc1ccc(-c2nc(N3CCOCC3)cc(C3(S(=O)(=O)c4ccccn4)CC3)n2)cc1. The first-order valence-corrected chi connectivity index (χ1v) is 26.3. The van der Waals surface area contributed by atoms with E-state index in [4.69, 9.17) is 29.4 Å². The zero-order valence-electron chi connectivity index (χ0n) is 39.2. The molecular weight excluding hydrogens is 949 g/mol. The molecule has 6 aromatic rings. The first-order valence-electron chi connectivity index (χ1n) is 23.4. The summed E-state index contributed by atoms with van der Waals surface area (Å²) >= 11 is 0. The number of anilines is 4. The quantitative estimate of drug-likeness (QED) is 0.110. The van der Waals surface area contributed by atoms with Gasteiger partial charge in [-0.2, -0.15) is 0 Å². The molecule has 22 heteroatoms. The average molecular weight is 1000 g/mol. The molecule has 0 spiro atoms. The Morgan fingerprint density at radius 3 is 1.34 bits per heavy atom. The number of hydrogen-bond donors (Lipinski definition) is 4. The molecule has 2 saturated carbocycles. The molecule has 71 heavy (non-hydrogen) atoms. The molecule has 0 atom stereocenters. The fourth-order valence-electron chi connectivity index (χ4n) is 8.40. The van der Waals surface area contributed by atoms with Gasteiger partial charge in [0.2, 0.25) is 19.7 Å². The number of ether oxygens (including phenoxy) is 2. The molecule has 4 amide bonds. The summed E-state index contributed by atoms with van der Waals surface area (Å²) in [6, 6.07) is 27.1. The van der Waals surface area contributed by atoms with Crippen molar-refractivity contribution in [2.45, 2.75) is 52.2 Å². The highest BCUT2D eigenvalue weighted by molar-refractivity contribution is 7.93. The number of pyridine rings is 2. The van der Waals surface area contributed by atoms with Crippen molar-refractivity contribution in [2.24, 2.45) is 0 Å². The molecule has 0 bridgehead atoms. The molecular formula is C49H54N12O8S2. The Hall–Kier alpha value is -7.14. The van der Waals surface area contributed by atoms with Gasteiger partial charge in [0.25, 0.3) is 0 Å². The molecule has 4 aromatic heterocycles. The summed E-state index contributed by atoms with van der Waals surface area (Å²) < 4.78 is 63.3. The molecule has 2 aliphatic heterocycles. The molecule has 2 aliphatic carbocycles. The van der Waals surface area contributed by atoms with Crippen LogP contribution in [0.25, 0.3) is 22.8 Å². The van der Waals surface area contributed by atoms with Gasteiger partial charge in [0.1, 0.15) is 21.1 Å². The van der Waals surface area contributed by atoms with Crippen molar-refractivity contribution in [3.8, 4) is 22.8 Å². The number of hydrogen-bond acceptors (Lipinski definition) is 16. The number of amides is 4. The van der Waals surface area contributed by atoms with Crippen LogP contribution in [-0.2, 0) is 38.6 Å². The molecule has 6 heterocycles. The zero-order chi connectivity index (χ0) is 49.6. The van der Waals surface area contributed by atoms with E-state index >= 15 is 0 Å². The third kappa shape index (κ3) is 10.4. The molecule has 20 nitrogen and oxygen atoms in total. The van der Waals surface area contributed by atoms with E-state index in [-0.39, 0.29) is 22.1 Å². The van der Waals surface area contributed by atoms with Crippen LogP contribution < -0.4 is 31.1 Å². The summed E-state index contributed by atoms with van der Waals surface area (Å²) in [4.78, 5) is 55.0. The first kappa shape index (κ1) is 48.9. The van der Waals surface area contributed by atoms with Gasteiger partial charge in [-0.05, 0) is 105 Å². The number of carbonyl (C=O) groups excluding carboxylic acids is 2. The number of carbonyl (C=O) groups is 2. The van der Waals surface area contributed by atoms with Crippen molar-refractivity contribution in [2.75, 3.05) is 86.6 Å². The largest absolute Gasteiger partial charge is 0.378 e. The summed E-state index contributed by atoms with van der Waals surface area (Å²) in [6.07, 6.45) is 4.87. The van der Waals surface area contributed by atoms with Gasteiger partial charge >= 0.3 is 12.1 Å². The van der Waals surface area contributed by atoms with Crippen LogP contribution in [0.1, 0.15) is 44.0 Å². The normalized spacial score (nSPS) is 16.9. The van der Waals surface area contributed by atoms with E-state index in [1.165, 1.54) is 24.5 Å². The van der Waals surface area contributed by atoms with Crippen LogP contribution in [0.5, 0.6) is 0 Å². The van der Waals surface area contributed by atoms with Crippen molar-refractivity contribution >= 4 is 54.7 Å². The van der Waals surface area contributed by atoms with Crippen molar-refractivity contribution in [3.63, 3.8) is 0 Å². The predicted molar refractivity (Wildman–Crippen MR) is 266 cm³/mol. The van der Waals surface area contributed by atoms with Crippen LogP contribution >= 0.6 is 0 Å². The second kappa shape index (κ2) is 20.7. The fraction of sp³-hybridized carbons (Fsp3) is 0.347. The number of urea groups is 2. The molecule has 2 aromatic carbocycles. The van der Waals surface area contributed by atoms with Gasteiger partial charge in [-0.1, -0.05) is 12.1 Å². The Balaban J connectivity index is 0.000000176. The van der Waals surface area contributed by atoms with E-state index in [1.807, 2.05) is 19.1 Å². The van der Waals surface area contributed by atoms with Crippen molar-refractivity contribution in [1.29, 1.82) is 0 Å². The minimum atomic E-state index is -3.75. The second-order valence-electron chi connectivity index (χ2n) is 17.2. The van der Waals surface area contributed by atoms with E-state index in [0.717, 1.165) is 11.1 Å². The van der Waals surface area contributed by atoms with E-state index in [2.05, 4.69) is 41.0 Å². The number of rotatable bonds is 13. The molecule has 0 radical (unpaired) electrons. The fourth-order valence-corrected chi connectivity index (χ4v) is 12.2. The van der Waals surface area contributed by atoms with Crippen LogP contribution in [0.4, 0.5) is 32.6 Å². The van der Waals surface area contributed by atoms with Crippen LogP contribution in [-0.4, -0.2) is 125 Å². The van der Waals surface area contributed by atoms with Gasteiger partial charge in [-0.15, -0.1) is 0 Å². The minimum Gasteiger partial charge on any atom is -0.378 e. The van der Waals surface area contributed by atoms with Gasteiger partial charge in [-0.25, -0.2) is 56.3 Å². The van der Waals surface area contributed by atoms with Gasteiger partial charge in [0.15, 0.2) is 21.7 Å². The van der Waals surface area contributed by atoms with Crippen molar-refractivity contribution < 1.29 is 35.9 Å². The Labute approximate surface area is 411 Å². The zero-order valence-corrected chi connectivity index (χ0v) is 40.9. The first-order chi connectivity index (χ1) is 34.4. The minimum absolute atomic E-state index is 0.0511. The summed E-state index contributed by atoms with van der Waals surface area (Å²) in [7, 11) is -5.96. The monoisotopic (exact) mass is 1000 g/mol. The lowest BCUT2D eigenvalue weighted by molar-refractivity contribution is 0.122. The predicted octanol–water partition coefficient (Wildman–Crippen LogP) is 5.57. The maximum atomic E-state index is 13.7. The molecule has 0 unspecified atom stereocenters. The van der Waals surface area contributed by atoms with Gasteiger partial charge < -0.3 is 40.5 Å². The van der Waals surface area contributed by atoms with Crippen LogP contribution in [0.2, 0.25) is 0 Å². The third-order valence-electron chi connectivity index (χ3n) is 12.7. The summed E-state index contributed by atoms with van der Waals surface area (Å²) in [5.41, 5.74) is 3.64. The van der Waals surface area contributed by atoms with Gasteiger partial charge in [-0.3, -0.25) is 0 Å². The van der Waals surface area contributed by atoms with E-state index in [9.17, 15) is 26.4 Å². The average Bonchev–Trinajstić information content (AvgIpc) is 4.36. The van der Waals surface area contributed by atoms with E-state index in [1.54, 1.807) is 79.8 Å². The maximum Gasteiger partial charge on any atom is 0.319 e. The van der Waals surface area contributed by atoms with E-state index < -0.39 is 29.2 Å². The number of nitrogens with zero attached hydrogens (tertiary/aromatic N) is 8. The third-order valence-corrected chi connectivity index (χ3v) is 17.5. The van der Waals surface area contributed by atoms with Crippen LogP contribution in [0, 0.1) is 0 Å². The Morgan fingerprint density at radius 1 is 0.577 bits per heavy atom. The highest BCUT2D eigenvalue weighted by atomic mass is 32.2. The number of morpholine rings is 2. The van der Waals surface area contributed by atoms with Gasteiger partial charge in [0, 0.05) is 86.8 Å². The highest BCUT2D eigenvalue weighted by Crippen LogP contribution is 2.56. The number of nitrogens with one attached hydrogen (secondary N) is 4. The molecule has 10 rings (SSSR count). The highest BCUT2D eigenvalue weighted by Gasteiger charge is 2.59. The molecule has 4 N–H and O–H groups in total. The summed E-state index contributed by atoms with van der Waals surface area (Å²) in [5.74, 6) is 2.20.